The van der Waals surface area contributed by atoms with Crippen LogP contribution in [-0.2, 0) is 17.8 Å². The molecule has 1 N–H and O–H groups in total. The number of aryl methyl sites for hydroxylation is 1. The SMILES string of the molecule is CN(Cc1cc(C2CC2)on1)C(=O)CCc1cn[nH]c1. The van der Waals surface area contributed by atoms with Gasteiger partial charge in [-0.3, -0.25) is 9.89 Å². The van der Waals surface area contributed by atoms with Gasteiger partial charge in [0.15, 0.2) is 0 Å². The predicted molar refractivity (Wildman–Crippen MR) is 71.9 cm³/mol. The van der Waals surface area contributed by atoms with Crippen LogP contribution in [0, 0.1) is 0 Å². The maximum atomic E-state index is 12.0. The number of nitrogens with one attached hydrogen (secondary N) is 1. The van der Waals surface area contributed by atoms with Gasteiger partial charge in [0.05, 0.1) is 12.7 Å². The molecular weight excluding hydrogens is 256 g/mol. The number of H-pyrrole nitrogens is 1. The van der Waals surface area contributed by atoms with Gasteiger partial charge in [-0.2, -0.15) is 5.10 Å². The van der Waals surface area contributed by atoms with E-state index >= 15 is 0 Å². The van der Waals surface area contributed by atoms with E-state index in [9.17, 15) is 4.79 Å². The Morgan fingerprint density at radius 3 is 3.10 bits per heavy atom. The molecule has 0 unspecified atom stereocenters. The van der Waals surface area contributed by atoms with Crippen LogP contribution in [0.4, 0.5) is 0 Å². The highest BCUT2D eigenvalue weighted by Gasteiger charge is 2.28. The lowest BCUT2D eigenvalue weighted by Crippen LogP contribution is -2.26. The van der Waals surface area contributed by atoms with Gasteiger partial charge >= 0.3 is 0 Å². The third-order valence-corrected chi connectivity index (χ3v) is 3.56. The number of rotatable bonds is 6. The number of nitrogens with zero attached hydrogens (tertiary/aromatic N) is 3. The lowest BCUT2D eigenvalue weighted by atomic mass is 10.2. The molecule has 1 saturated carbocycles. The average Bonchev–Trinajstić information content (AvgIpc) is 2.98. The number of aromatic nitrogens is 3. The highest BCUT2D eigenvalue weighted by atomic mass is 16.5. The predicted octanol–water partition coefficient (Wildman–Crippen LogP) is 1.87. The molecule has 3 rings (SSSR count). The second-order valence-electron chi connectivity index (χ2n) is 5.35. The molecule has 0 aliphatic heterocycles. The first-order valence-electron chi connectivity index (χ1n) is 6.89. The molecule has 0 aromatic carbocycles. The normalized spacial score (nSPS) is 14.4. The van der Waals surface area contributed by atoms with Crippen LogP contribution in [0.25, 0.3) is 0 Å². The Morgan fingerprint density at radius 2 is 2.40 bits per heavy atom. The van der Waals surface area contributed by atoms with Crippen molar-refractivity contribution >= 4 is 5.91 Å². The summed E-state index contributed by atoms with van der Waals surface area (Å²) in [6, 6.07) is 1.97. The zero-order valence-corrected chi connectivity index (χ0v) is 11.5. The van der Waals surface area contributed by atoms with E-state index in [2.05, 4.69) is 15.4 Å². The minimum atomic E-state index is 0.0992. The minimum absolute atomic E-state index is 0.0992. The maximum Gasteiger partial charge on any atom is 0.222 e. The summed E-state index contributed by atoms with van der Waals surface area (Å²) < 4.78 is 5.29. The lowest BCUT2D eigenvalue weighted by Gasteiger charge is -2.15. The topological polar surface area (TPSA) is 75.0 Å². The average molecular weight is 274 g/mol. The fourth-order valence-corrected chi connectivity index (χ4v) is 2.15. The van der Waals surface area contributed by atoms with Crippen LogP contribution in [0.2, 0.25) is 0 Å². The minimum Gasteiger partial charge on any atom is -0.361 e. The maximum absolute atomic E-state index is 12.0. The third-order valence-electron chi connectivity index (χ3n) is 3.56. The quantitative estimate of drug-likeness (QED) is 0.872. The molecule has 2 heterocycles. The largest absolute Gasteiger partial charge is 0.361 e. The molecular formula is C14H18N4O2. The highest BCUT2D eigenvalue weighted by molar-refractivity contribution is 5.76. The summed E-state index contributed by atoms with van der Waals surface area (Å²) in [6.45, 7) is 0.500. The van der Waals surface area contributed by atoms with Crippen molar-refractivity contribution in [2.24, 2.45) is 0 Å². The molecule has 0 atom stereocenters. The van der Waals surface area contributed by atoms with E-state index in [0.29, 0.717) is 25.3 Å². The van der Waals surface area contributed by atoms with Crippen molar-refractivity contribution < 1.29 is 9.32 Å². The van der Waals surface area contributed by atoms with Gasteiger partial charge in [-0.1, -0.05) is 5.16 Å². The highest BCUT2D eigenvalue weighted by Crippen LogP contribution is 2.40. The van der Waals surface area contributed by atoms with Crippen molar-refractivity contribution in [1.82, 2.24) is 20.3 Å². The smallest absolute Gasteiger partial charge is 0.222 e. The Hall–Kier alpha value is -2.11. The molecule has 20 heavy (non-hydrogen) atoms. The van der Waals surface area contributed by atoms with Crippen LogP contribution in [0.5, 0.6) is 0 Å². The van der Waals surface area contributed by atoms with Gasteiger partial charge in [-0.05, 0) is 24.8 Å². The summed E-state index contributed by atoms with van der Waals surface area (Å²) in [5.74, 6) is 1.61. The zero-order chi connectivity index (χ0) is 13.9. The molecule has 0 bridgehead atoms. The molecule has 2 aromatic rings. The molecule has 0 saturated heterocycles. The van der Waals surface area contributed by atoms with Gasteiger partial charge in [-0.25, -0.2) is 0 Å². The van der Waals surface area contributed by atoms with Crippen molar-refractivity contribution in [1.29, 1.82) is 0 Å². The van der Waals surface area contributed by atoms with Crippen LogP contribution in [0.3, 0.4) is 0 Å². The van der Waals surface area contributed by atoms with Crippen LogP contribution in [0.15, 0.2) is 23.0 Å². The van der Waals surface area contributed by atoms with Crippen LogP contribution in [0.1, 0.15) is 42.2 Å². The Morgan fingerprint density at radius 1 is 1.55 bits per heavy atom. The first-order valence-corrected chi connectivity index (χ1v) is 6.89. The molecule has 6 nitrogen and oxygen atoms in total. The molecule has 1 aliphatic rings. The molecule has 106 valence electrons. The Kier molecular flexibility index (Phi) is 3.54. The first-order chi connectivity index (χ1) is 9.72. The standard InChI is InChI=1S/C14H18N4O2/c1-18(14(19)5-2-10-7-15-16-8-10)9-12-6-13(20-17-12)11-3-4-11/h6-8,11H,2-5,9H2,1H3,(H,15,16). The summed E-state index contributed by atoms with van der Waals surface area (Å²) in [7, 11) is 1.79. The van der Waals surface area contributed by atoms with E-state index < -0.39 is 0 Å². The second kappa shape index (κ2) is 5.48. The van der Waals surface area contributed by atoms with E-state index in [1.54, 1.807) is 18.1 Å². The third kappa shape index (κ3) is 3.07. The molecule has 0 radical (unpaired) electrons. The van der Waals surface area contributed by atoms with E-state index in [1.165, 1.54) is 12.8 Å². The van der Waals surface area contributed by atoms with E-state index in [1.807, 2.05) is 12.3 Å². The molecule has 6 heteroatoms. The van der Waals surface area contributed by atoms with Gasteiger partial charge in [0.1, 0.15) is 11.5 Å². The van der Waals surface area contributed by atoms with Gasteiger partial charge in [0, 0.05) is 31.6 Å². The van der Waals surface area contributed by atoms with Gasteiger partial charge in [-0.15, -0.1) is 0 Å². The fourth-order valence-electron chi connectivity index (χ4n) is 2.15. The number of aromatic amines is 1. The van der Waals surface area contributed by atoms with E-state index in [0.717, 1.165) is 17.0 Å². The summed E-state index contributed by atoms with van der Waals surface area (Å²) in [6.07, 6.45) is 7.11. The summed E-state index contributed by atoms with van der Waals surface area (Å²) in [5, 5.41) is 10.6. The fraction of sp³-hybridized carbons (Fsp3) is 0.500. The van der Waals surface area contributed by atoms with Gasteiger partial charge in [0.25, 0.3) is 0 Å². The first kappa shape index (κ1) is 12.9. The molecule has 1 aliphatic carbocycles. The number of amides is 1. The van der Waals surface area contributed by atoms with Crippen molar-refractivity contribution in [2.75, 3.05) is 7.05 Å². The second-order valence-corrected chi connectivity index (χ2v) is 5.35. The number of carbonyl (C=O) groups excluding carboxylic acids is 1. The van der Waals surface area contributed by atoms with Crippen LogP contribution < -0.4 is 0 Å². The van der Waals surface area contributed by atoms with Crippen LogP contribution >= 0.6 is 0 Å². The van der Waals surface area contributed by atoms with Gasteiger partial charge in [0.2, 0.25) is 5.91 Å². The monoisotopic (exact) mass is 274 g/mol. The Balaban J connectivity index is 1.49. The van der Waals surface area contributed by atoms with Crippen molar-refractivity contribution in [3.63, 3.8) is 0 Å². The number of carbonyl (C=O) groups is 1. The van der Waals surface area contributed by atoms with Crippen molar-refractivity contribution in [3.8, 4) is 0 Å². The summed E-state index contributed by atoms with van der Waals surface area (Å²) in [5.41, 5.74) is 1.87. The molecule has 2 aromatic heterocycles. The van der Waals surface area contributed by atoms with Crippen molar-refractivity contribution in [3.05, 3.63) is 35.5 Å². The summed E-state index contributed by atoms with van der Waals surface area (Å²) in [4.78, 5) is 13.7. The van der Waals surface area contributed by atoms with Gasteiger partial charge < -0.3 is 9.42 Å². The Labute approximate surface area is 117 Å². The lowest BCUT2D eigenvalue weighted by molar-refractivity contribution is -0.130. The summed E-state index contributed by atoms with van der Waals surface area (Å²) >= 11 is 0. The molecule has 0 spiro atoms. The molecule has 1 fully saturated rings. The van der Waals surface area contributed by atoms with Crippen LogP contribution in [-0.4, -0.2) is 33.2 Å². The number of hydrogen-bond acceptors (Lipinski definition) is 4. The zero-order valence-electron chi connectivity index (χ0n) is 11.5. The Bertz CT molecular complexity index is 572. The number of hydrogen-bond donors (Lipinski definition) is 1. The van der Waals surface area contributed by atoms with Crippen molar-refractivity contribution in [2.45, 2.75) is 38.1 Å². The van der Waals surface area contributed by atoms with E-state index in [4.69, 9.17) is 4.52 Å². The molecule has 1 amide bonds. The van der Waals surface area contributed by atoms with E-state index in [-0.39, 0.29) is 5.91 Å².